The van der Waals surface area contributed by atoms with Crippen molar-refractivity contribution in [2.75, 3.05) is 13.1 Å². The Kier molecular flexibility index (Phi) is 10.8. The molecule has 1 fully saturated rings. The lowest BCUT2D eigenvalue weighted by atomic mass is 9.92. The summed E-state index contributed by atoms with van der Waals surface area (Å²) in [7, 11) is 0. The summed E-state index contributed by atoms with van der Waals surface area (Å²) in [6.45, 7) is 2.91. The molecule has 0 aromatic heterocycles. The number of nitrogens with one attached hydrogen (secondary N) is 5. The van der Waals surface area contributed by atoms with Gasteiger partial charge in [0, 0.05) is 19.5 Å². The minimum atomic E-state index is -1.52. The van der Waals surface area contributed by atoms with E-state index < -0.39 is 84.6 Å². The predicted octanol–water partition coefficient (Wildman–Crippen LogP) is -1.90. The number of fused-ring (bicyclic) bond motifs is 2. The highest BCUT2D eigenvalue weighted by molar-refractivity contribution is 5.98. The molecule has 15 nitrogen and oxygen atoms in total. The molecule has 42 heavy (non-hydrogen) atoms. The molecule has 2 aliphatic rings. The summed E-state index contributed by atoms with van der Waals surface area (Å²) in [6.07, 6.45) is -0.345. The van der Waals surface area contributed by atoms with Gasteiger partial charge < -0.3 is 42.3 Å². The van der Waals surface area contributed by atoms with Crippen molar-refractivity contribution in [3.05, 3.63) is 35.4 Å². The zero-order valence-electron chi connectivity index (χ0n) is 23.5. The predicted molar refractivity (Wildman–Crippen MR) is 147 cm³/mol. The Bertz CT molecular complexity index is 1240. The van der Waals surface area contributed by atoms with Crippen LogP contribution in [0.3, 0.4) is 0 Å². The van der Waals surface area contributed by atoms with Gasteiger partial charge in [0.25, 0.3) is 0 Å². The molecule has 0 unspecified atom stereocenters. The molecule has 0 bridgehead atoms. The van der Waals surface area contributed by atoms with Crippen LogP contribution in [0.25, 0.3) is 0 Å². The number of carbonyl (C=O) groups is 7. The van der Waals surface area contributed by atoms with Crippen molar-refractivity contribution < 1.29 is 38.7 Å². The topological polar surface area (TPSA) is 229 Å². The maximum Gasteiger partial charge on any atom is 0.312 e. The molecule has 0 aliphatic carbocycles. The molecule has 1 aromatic carbocycles. The van der Waals surface area contributed by atoms with Crippen LogP contribution in [-0.4, -0.2) is 88.8 Å². The normalized spacial score (nSPS) is 23.7. The van der Waals surface area contributed by atoms with E-state index in [2.05, 4.69) is 26.6 Å². The van der Waals surface area contributed by atoms with Crippen LogP contribution in [0, 0.1) is 5.92 Å². The monoisotopic (exact) mass is 587 g/mol. The lowest BCUT2D eigenvalue weighted by Gasteiger charge is -2.38. The van der Waals surface area contributed by atoms with Crippen molar-refractivity contribution in [3.8, 4) is 0 Å². The molecule has 8 N–H and O–H groups in total. The zero-order chi connectivity index (χ0) is 31.0. The third-order valence-electron chi connectivity index (χ3n) is 7.12. The van der Waals surface area contributed by atoms with E-state index >= 15 is 0 Å². The number of hydrogen-bond acceptors (Lipinski definition) is 7. The summed E-state index contributed by atoms with van der Waals surface area (Å²) in [5.41, 5.74) is 6.64. The molecular formula is C27H37N7O8. The molecule has 2 heterocycles. The Morgan fingerprint density at radius 3 is 2.33 bits per heavy atom. The number of benzene rings is 1. The van der Waals surface area contributed by atoms with Crippen LogP contribution in [-0.2, 0) is 41.7 Å². The van der Waals surface area contributed by atoms with Gasteiger partial charge in [0.05, 0.1) is 13.0 Å². The molecule has 0 spiro atoms. The van der Waals surface area contributed by atoms with Crippen molar-refractivity contribution in [3.63, 3.8) is 0 Å². The smallest absolute Gasteiger partial charge is 0.312 e. The Morgan fingerprint density at radius 2 is 1.69 bits per heavy atom. The second kappa shape index (κ2) is 14.3. The number of nitrogens with two attached hydrogens (primary N) is 1. The van der Waals surface area contributed by atoms with Gasteiger partial charge in [0.15, 0.2) is 0 Å². The fourth-order valence-electron chi connectivity index (χ4n) is 4.93. The van der Waals surface area contributed by atoms with Gasteiger partial charge in [0.1, 0.15) is 24.2 Å². The van der Waals surface area contributed by atoms with Crippen molar-refractivity contribution in [1.29, 1.82) is 0 Å². The molecule has 7 amide bonds. The maximum absolute atomic E-state index is 13.7. The van der Waals surface area contributed by atoms with Crippen molar-refractivity contribution in [2.24, 2.45) is 11.7 Å². The molecule has 3 rings (SSSR count). The van der Waals surface area contributed by atoms with E-state index in [9.17, 15) is 38.7 Å². The van der Waals surface area contributed by atoms with Crippen LogP contribution in [0.5, 0.6) is 0 Å². The first-order valence-electron chi connectivity index (χ1n) is 13.7. The molecule has 1 aromatic rings. The second-order valence-electron chi connectivity index (χ2n) is 10.6. The SMILES string of the molecule is CC(C)[C@@H]1NC(=O)[C@H]2Cc3ccccc3CN2C(=O)[C@H](CC(=O)O)NC(=O)CNC(=O)[C@H](CCCNC(N)=O)NC1=O. The number of aliphatic carboxylic acids is 1. The lowest BCUT2D eigenvalue weighted by molar-refractivity contribution is -0.148. The minimum Gasteiger partial charge on any atom is -0.481 e. The van der Waals surface area contributed by atoms with E-state index in [0.29, 0.717) is 0 Å². The third kappa shape index (κ3) is 8.41. The molecule has 2 aliphatic heterocycles. The highest BCUT2D eigenvalue weighted by atomic mass is 16.4. The van der Waals surface area contributed by atoms with E-state index in [1.165, 1.54) is 4.90 Å². The van der Waals surface area contributed by atoms with E-state index in [4.69, 9.17) is 5.73 Å². The van der Waals surface area contributed by atoms with Gasteiger partial charge in [-0.05, 0) is 29.9 Å². The number of carbonyl (C=O) groups excluding carboxylic acids is 6. The van der Waals surface area contributed by atoms with Gasteiger partial charge in [-0.15, -0.1) is 0 Å². The van der Waals surface area contributed by atoms with Crippen LogP contribution in [0.4, 0.5) is 4.79 Å². The molecule has 15 heteroatoms. The maximum atomic E-state index is 13.7. The van der Waals surface area contributed by atoms with Crippen LogP contribution in [0.15, 0.2) is 24.3 Å². The summed E-state index contributed by atoms with van der Waals surface area (Å²) in [4.78, 5) is 90.4. The minimum absolute atomic E-state index is 0.0181. The molecule has 0 radical (unpaired) electrons. The van der Waals surface area contributed by atoms with Gasteiger partial charge in [0.2, 0.25) is 29.5 Å². The number of amides is 7. The Morgan fingerprint density at radius 1 is 1.00 bits per heavy atom. The second-order valence-corrected chi connectivity index (χ2v) is 10.6. The van der Waals surface area contributed by atoms with E-state index in [0.717, 1.165) is 11.1 Å². The highest BCUT2D eigenvalue weighted by Crippen LogP contribution is 2.25. The molecule has 0 saturated carbocycles. The quantitative estimate of drug-likeness (QED) is 0.178. The van der Waals surface area contributed by atoms with Crippen molar-refractivity contribution in [2.45, 2.75) is 70.2 Å². The van der Waals surface area contributed by atoms with Crippen molar-refractivity contribution >= 4 is 41.5 Å². The first-order chi connectivity index (χ1) is 19.9. The fraction of sp³-hybridized carbons (Fsp3) is 0.519. The average molecular weight is 588 g/mol. The van der Waals surface area contributed by atoms with Crippen LogP contribution >= 0.6 is 0 Å². The number of rotatable bonds is 7. The summed E-state index contributed by atoms with van der Waals surface area (Å²) in [5.74, 6) is -5.42. The first kappa shape index (κ1) is 31.8. The average Bonchev–Trinajstić information content (AvgIpc) is 2.93. The number of carboxylic acids is 1. The Balaban J connectivity index is 1.98. The number of nitrogens with zero attached hydrogens (tertiary/aromatic N) is 1. The summed E-state index contributed by atoms with van der Waals surface area (Å²) in [6, 6.07) is 1.56. The molecule has 228 valence electrons. The molecule has 4 atom stereocenters. The van der Waals surface area contributed by atoms with Gasteiger partial charge in [-0.2, -0.15) is 0 Å². The standard InChI is InChI=1S/C27H37N7O8/c1-14(2)22-25(40)32-17(8-5-9-29-27(28)42)23(38)30-12-20(35)31-18(11-21(36)37)26(41)34-13-16-7-4-3-6-15(16)10-19(34)24(39)33-22/h3-4,6-7,14,17-19,22H,5,8-13H2,1-2H3,(H,30,38)(H,31,35)(H,32,40)(H,33,39)(H,36,37)(H3,28,29,42)/t17-,18-,19+,22-/m0/s1. The number of carboxylic acid groups (broad SMARTS) is 1. The van der Waals surface area contributed by atoms with Gasteiger partial charge in [-0.25, -0.2) is 4.79 Å². The van der Waals surface area contributed by atoms with Crippen LogP contribution in [0.1, 0.15) is 44.2 Å². The molecular weight excluding hydrogens is 550 g/mol. The Hall–Kier alpha value is -4.69. The van der Waals surface area contributed by atoms with Gasteiger partial charge >= 0.3 is 12.0 Å². The van der Waals surface area contributed by atoms with Crippen LogP contribution < -0.4 is 32.3 Å². The first-order valence-corrected chi connectivity index (χ1v) is 13.7. The van der Waals surface area contributed by atoms with Gasteiger partial charge in [-0.3, -0.25) is 28.8 Å². The lowest BCUT2D eigenvalue weighted by Crippen LogP contribution is -2.61. The number of urea groups is 1. The van der Waals surface area contributed by atoms with Crippen molar-refractivity contribution in [1.82, 2.24) is 31.5 Å². The molecule has 1 saturated heterocycles. The highest BCUT2D eigenvalue weighted by Gasteiger charge is 2.40. The zero-order valence-corrected chi connectivity index (χ0v) is 23.5. The summed E-state index contributed by atoms with van der Waals surface area (Å²) < 4.78 is 0. The Labute approximate surface area is 242 Å². The fourth-order valence-corrected chi connectivity index (χ4v) is 4.93. The van der Waals surface area contributed by atoms with Crippen LogP contribution in [0.2, 0.25) is 0 Å². The summed E-state index contributed by atoms with van der Waals surface area (Å²) in [5, 5.41) is 22.0. The largest absolute Gasteiger partial charge is 0.481 e. The third-order valence-corrected chi connectivity index (χ3v) is 7.12. The van der Waals surface area contributed by atoms with E-state index in [-0.39, 0.29) is 32.4 Å². The number of hydrogen-bond donors (Lipinski definition) is 7. The summed E-state index contributed by atoms with van der Waals surface area (Å²) >= 11 is 0. The van der Waals surface area contributed by atoms with E-state index in [1.807, 2.05) is 6.07 Å². The van der Waals surface area contributed by atoms with Gasteiger partial charge in [-0.1, -0.05) is 38.1 Å². The van der Waals surface area contributed by atoms with E-state index in [1.54, 1.807) is 32.0 Å². The number of primary amides is 1.